The largest absolute Gasteiger partial charge is 0.433 e. The molecular weight excluding hydrogens is 445 g/mol. The first-order valence-corrected chi connectivity index (χ1v) is 10.1. The summed E-state index contributed by atoms with van der Waals surface area (Å²) in [5, 5.41) is 9.99. The number of nitrogens with one attached hydrogen (secondary N) is 3. The lowest BCUT2D eigenvalue weighted by atomic mass is 10.1. The van der Waals surface area contributed by atoms with Gasteiger partial charge in [-0.1, -0.05) is 23.7 Å². The minimum Gasteiger partial charge on any atom is -0.370 e. The van der Waals surface area contributed by atoms with Gasteiger partial charge in [0.2, 0.25) is 5.95 Å². The van der Waals surface area contributed by atoms with Crippen LogP contribution in [0.15, 0.2) is 42.5 Å². The molecule has 3 N–H and O–H groups in total. The number of halogens is 4. The summed E-state index contributed by atoms with van der Waals surface area (Å²) in [7, 11) is 3.80. The SMILES string of the molecule is CN(C)CCCNc1cc(C(F)(F)F)nc(NC(=O)Nc2ccc3cc(Cl)ccc3c2)n1. The van der Waals surface area contributed by atoms with Gasteiger partial charge in [-0.15, -0.1) is 0 Å². The fourth-order valence-electron chi connectivity index (χ4n) is 2.91. The normalized spacial score (nSPS) is 11.6. The first-order chi connectivity index (χ1) is 15.1. The number of hydrogen-bond donors (Lipinski definition) is 3. The Morgan fingerprint density at radius 3 is 2.47 bits per heavy atom. The molecule has 0 fully saturated rings. The second-order valence-corrected chi connectivity index (χ2v) is 7.77. The van der Waals surface area contributed by atoms with Gasteiger partial charge in [-0.3, -0.25) is 5.32 Å². The fourth-order valence-corrected chi connectivity index (χ4v) is 3.09. The van der Waals surface area contributed by atoms with Gasteiger partial charge in [0.1, 0.15) is 5.82 Å². The lowest BCUT2D eigenvalue weighted by Crippen LogP contribution is -2.23. The number of benzene rings is 2. The molecule has 0 spiro atoms. The Morgan fingerprint density at radius 1 is 1.03 bits per heavy atom. The van der Waals surface area contributed by atoms with Crippen LogP contribution in [0.1, 0.15) is 12.1 Å². The van der Waals surface area contributed by atoms with Gasteiger partial charge in [0.05, 0.1) is 0 Å². The van der Waals surface area contributed by atoms with E-state index in [9.17, 15) is 18.0 Å². The first-order valence-electron chi connectivity index (χ1n) is 9.72. The van der Waals surface area contributed by atoms with Gasteiger partial charge in [0.25, 0.3) is 0 Å². The fraction of sp³-hybridized carbons (Fsp3) is 0.286. The zero-order valence-electron chi connectivity index (χ0n) is 17.4. The number of aromatic nitrogens is 2. The highest BCUT2D eigenvalue weighted by Gasteiger charge is 2.34. The molecule has 0 saturated carbocycles. The molecule has 32 heavy (non-hydrogen) atoms. The molecule has 0 aliphatic carbocycles. The Labute approximate surface area is 188 Å². The topological polar surface area (TPSA) is 82.2 Å². The molecule has 170 valence electrons. The van der Waals surface area contributed by atoms with Crippen LogP contribution in [0.3, 0.4) is 0 Å². The molecule has 2 aromatic carbocycles. The lowest BCUT2D eigenvalue weighted by molar-refractivity contribution is -0.141. The van der Waals surface area contributed by atoms with E-state index in [2.05, 4.69) is 25.9 Å². The number of fused-ring (bicyclic) bond motifs is 1. The van der Waals surface area contributed by atoms with Crippen LogP contribution in [0.25, 0.3) is 10.8 Å². The third-order valence-electron chi connectivity index (χ3n) is 4.39. The standard InChI is InChI=1S/C21H22ClF3N6O/c1-31(2)9-3-8-26-18-12-17(21(23,24)25)28-19(29-18)30-20(32)27-16-7-5-13-10-15(22)6-4-14(13)11-16/h4-7,10-12H,3,8-9H2,1-2H3,(H3,26,27,28,29,30,32). The summed E-state index contributed by atoms with van der Waals surface area (Å²) < 4.78 is 39.7. The van der Waals surface area contributed by atoms with E-state index in [0.717, 1.165) is 23.4 Å². The molecule has 1 heterocycles. The number of rotatable bonds is 7. The molecule has 7 nitrogen and oxygen atoms in total. The van der Waals surface area contributed by atoms with E-state index in [1.54, 1.807) is 36.4 Å². The zero-order chi connectivity index (χ0) is 23.3. The van der Waals surface area contributed by atoms with E-state index >= 15 is 0 Å². The number of anilines is 3. The number of nitrogens with zero attached hydrogens (tertiary/aromatic N) is 3. The third kappa shape index (κ3) is 6.69. The summed E-state index contributed by atoms with van der Waals surface area (Å²) in [6.07, 6.45) is -3.98. The van der Waals surface area contributed by atoms with Gasteiger partial charge in [0, 0.05) is 23.3 Å². The number of hydrogen-bond acceptors (Lipinski definition) is 5. The van der Waals surface area contributed by atoms with Gasteiger partial charge < -0.3 is 15.5 Å². The van der Waals surface area contributed by atoms with Crippen LogP contribution < -0.4 is 16.0 Å². The van der Waals surface area contributed by atoms with Crippen molar-refractivity contribution in [1.82, 2.24) is 14.9 Å². The molecule has 3 aromatic rings. The Bertz CT molecular complexity index is 1110. The number of urea groups is 1. The average Bonchev–Trinajstić information content (AvgIpc) is 2.70. The second-order valence-electron chi connectivity index (χ2n) is 7.33. The molecule has 0 aliphatic heterocycles. The van der Waals surface area contributed by atoms with E-state index in [0.29, 0.717) is 23.7 Å². The highest BCUT2D eigenvalue weighted by molar-refractivity contribution is 6.31. The lowest BCUT2D eigenvalue weighted by Gasteiger charge is -2.14. The summed E-state index contributed by atoms with van der Waals surface area (Å²) in [4.78, 5) is 21.7. The first kappa shape index (κ1) is 23.6. The predicted octanol–water partition coefficient (Wildman–Crippen LogP) is 5.31. The molecule has 0 atom stereocenters. The maximum absolute atomic E-state index is 13.2. The molecule has 1 aromatic heterocycles. The van der Waals surface area contributed by atoms with Crippen LogP contribution in [0.2, 0.25) is 5.02 Å². The molecule has 0 radical (unpaired) electrons. The van der Waals surface area contributed by atoms with Crippen LogP contribution in [-0.4, -0.2) is 48.1 Å². The summed E-state index contributed by atoms with van der Waals surface area (Å²) in [5.41, 5.74) is -0.702. The monoisotopic (exact) mass is 466 g/mol. The Hall–Kier alpha value is -3.11. The number of alkyl halides is 3. The molecular formula is C21H22ClF3N6O. The van der Waals surface area contributed by atoms with Crippen molar-refractivity contribution in [1.29, 1.82) is 0 Å². The molecule has 0 unspecified atom stereocenters. The van der Waals surface area contributed by atoms with Crippen LogP contribution >= 0.6 is 11.6 Å². The number of carbonyl (C=O) groups is 1. The van der Waals surface area contributed by atoms with Crippen LogP contribution in [0, 0.1) is 0 Å². The summed E-state index contributed by atoms with van der Waals surface area (Å²) in [6, 6.07) is 10.5. The Morgan fingerprint density at radius 2 is 1.75 bits per heavy atom. The maximum Gasteiger partial charge on any atom is 0.433 e. The summed E-state index contributed by atoms with van der Waals surface area (Å²) >= 11 is 5.96. The van der Waals surface area contributed by atoms with Crippen molar-refractivity contribution in [3.05, 3.63) is 53.2 Å². The molecule has 0 aliphatic rings. The van der Waals surface area contributed by atoms with Crippen LogP contribution in [-0.2, 0) is 6.18 Å². The maximum atomic E-state index is 13.2. The highest BCUT2D eigenvalue weighted by Crippen LogP contribution is 2.30. The third-order valence-corrected chi connectivity index (χ3v) is 4.63. The summed E-state index contributed by atoms with van der Waals surface area (Å²) in [5.74, 6) is -0.482. The number of amides is 2. The van der Waals surface area contributed by atoms with Crippen molar-refractivity contribution >= 4 is 45.9 Å². The molecule has 0 saturated heterocycles. The van der Waals surface area contributed by atoms with Crippen molar-refractivity contribution < 1.29 is 18.0 Å². The van der Waals surface area contributed by atoms with E-state index in [1.807, 2.05) is 19.0 Å². The zero-order valence-corrected chi connectivity index (χ0v) is 18.2. The quantitative estimate of drug-likeness (QED) is 0.411. The van der Waals surface area contributed by atoms with E-state index < -0.39 is 23.8 Å². The second kappa shape index (κ2) is 10.0. The van der Waals surface area contributed by atoms with Gasteiger partial charge >= 0.3 is 12.2 Å². The Balaban J connectivity index is 1.72. The van der Waals surface area contributed by atoms with E-state index in [4.69, 9.17) is 11.6 Å². The molecule has 11 heteroatoms. The van der Waals surface area contributed by atoms with Crippen molar-refractivity contribution in [2.45, 2.75) is 12.6 Å². The predicted molar refractivity (Wildman–Crippen MR) is 120 cm³/mol. The summed E-state index contributed by atoms with van der Waals surface area (Å²) in [6.45, 7) is 1.18. The van der Waals surface area contributed by atoms with E-state index in [1.165, 1.54) is 0 Å². The molecule has 0 bridgehead atoms. The van der Waals surface area contributed by atoms with Gasteiger partial charge in [-0.25, -0.2) is 9.78 Å². The minimum absolute atomic E-state index is 0.0241. The minimum atomic E-state index is -4.68. The van der Waals surface area contributed by atoms with Gasteiger partial charge in [0.15, 0.2) is 5.69 Å². The van der Waals surface area contributed by atoms with Gasteiger partial charge in [-0.05, 0) is 62.1 Å². The smallest absolute Gasteiger partial charge is 0.370 e. The number of carbonyl (C=O) groups excluding carboxylic acids is 1. The van der Waals surface area contributed by atoms with Crippen molar-refractivity contribution in [3.8, 4) is 0 Å². The van der Waals surface area contributed by atoms with Crippen molar-refractivity contribution in [3.63, 3.8) is 0 Å². The molecule has 3 rings (SSSR count). The van der Waals surface area contributed by atoms with Crippen LogP contribution in [0.4, 0.5) is 35.4 Å². The highest BCUT2D eigenvalue weighted by atomic mass is 35.5. The van der Waals surface area contributed by atoms with Crippen molar-refractivity contribution in [2.75, 3.05) is 43.1 Å². The average molecular weight is 467 g/mol. The van der Waals surface area contributed by atoms with Gasteiger partial charge in [-0.2, -0.15) is 18.2 Å². The van der Waals surface area contributed by atoms with E-state index in [-0.39, 0.29) is 5.82 Å². The van der Waals surface area contributed by atoms with Crippen molar-refractivity contribution in [2.24, 2.45) is 0 Å². The van der Waals surface area contributed by atoms with Crippen LogP contribution in [0.5, 0.6) is 0 Å². The Kier molecular flexibility index (Phi) is 7.37. The molecule has 2 amide bonds.